The molecule has 22 heavy (non-hydrogen) atoms. The maximum Gasteiger partial charge on any atom is 0.356 e. The first-order valence-corrected chi connectivity index (χ1v) is 7.05. The van der Waals surface area contributed by atoms with Crippen LogP contribution in [0.15, 0.2) is 36.4 Å². The number of carbonyl (C=O) groups excluding carboxylic acids is 1. The topological polar surface area (TPSA) is 42.4 Å². The van der Waals surface area contributed by atoms with Crippen LogP contribution in [0, 0.1) is 5.82 Å². The minimum atomic E-state index is -0.446. The van der Waals surface area contributed by atoms with Gasteiger partial charge < -0.3 is 9.64 Å². The number of hydrogen-bond donors (Lipinski definition) is 0. The first kappa shape index (κ1) is 14.5. The van der Waals surface area contributed by atoms with Gasteiger partial charge in [-0.15, -0.1) is 0 Å². The van der Waals surface area contributed by atoms with Gasteiger partial charge in [0.05, 0.1) is 18.5 Å². The van der Waals surface area contributed by atoms with Crippen LogP contribution in [-0.4, -0.2) is 24.6 Å². The largest absolute Gasteiger partial charge is 0.464 e. The number of rotatable bonds is 2. The minimum absolute atomic E-state index is 0.215. The second kappa shape index (κ2) is 5.09. The molecule has 4 nitrogen and oxygen atoms in total. The van der Waals surface area contributed by atoms with Crippen molar-refractivity contribution in [2.45, 2.75) is 19.3 Å². The van der Waals surface area contributed by atoms with Crippen LogP contribution in [0.25, 0.3) is 0 Å². The van der Waals surface area contributed by atoms with Crippen molar-refractivity contribution in [1.82, 2.24) is 4.98 Å². The number of aromatic nitrogens is 1. The third-order valence-electron chi connectivity index (χ3n) is 3.89. The molecule has 114 valence electrons. The molecule has 0 fully saturated rings. The Kier molecular flexibility index (Phi) is 3.35. The number of methoxy groups -OCH3 is 1. The van der Waals surface area contributed by atoms with E-state index in [0.717, 1.165) is 17.1 Å². The molecule has 1 aliphatic rings. The highest BCUT2D eigenvalue weighted by molar-refractivity contribution is 5.88. The molecule has 0 atom stereocenters. The molecule has 3 rings (SSSR count). The van der Waals surface area contributed by atoms with Gasteiger partial charge in [0.15, 0.2) is 0 Å². The summed E-state index contributed by atoms with van der Waals surface area (Å²) < 4.78 is 17.9. The Morgan fingerprint density at radius 1 is 1.23 bits per heavy atom. The molecular formula is C17H17FN2O2. The first-order chi connectivity index (χ1) is 10.4. The van der Waals surface area contributed by atoms with Crippen LogP contribution in [0.2, 0.25) is 0 Å². The summed E-state index contributed by atoms with van der Waals surface area (Å²) in [6, 6.07) is 9.89. The number of nitrogens with zero attached hydrogens (tertiary/aromatic N) is 2. The number of benzene rings is 1. The Bertz CT molecular complexity index is 726. The zero-order valence-electron chi connectivity index (χ0n) is 12.8. The highest BCUT2D eigenvalue weighted by Gasteiger charge is 2.38. The summed E-state index contributed by atoms with van der Waals surface area (Å²) in [5.74, 6) is -0.708. The van der Waals surface area contributed by atoms with Gasteiger partial charge in [0.25, 0.3) is 0 Å². The molecule has 1 aliphatic heterocycles. The first-order valence-electron chi connectivity index (χ1n) is 7.05. The van der Waals surface area contributed by atoms with Gasteiger partial charge in [-0.25, -0.2) is 14.2 Å². The Labute approximate surface area is 128 Å². The SMILES string of the molecule is COC(=O)c1ccc2c(n1)C(C)(C)CN2c1ccc(F)cc1. The number of carbonyl (C=O) groups is 1. The molecule has 5 heteroatoms. The van der Waals surface area contributed by atoms with E-state index < -0.39 is 5.97 Å². The highest BCUT2D eigenvalue weighted by Crippen LogP contribution is 2.43. The van der Waals surface area contributed by atoms with Crippen LogP contribution < -0.4 is 4.90 Å². The standard InChI is InChI=1S/C17H17FN2O2/c1-17(2)10-20(12-6-4-11(18)5-7-12)14-9-8-13(16(21)22-3)19-15(14)17/h4-9H,10H2,1-3H3. The summed E-state index contributed by atoms with van der Waals surface area (Å²) in [5, 5.41) is 0. The van der Waals surface area contributed by atoms with Crippen LogP contribution in [0.5, 0.6) is 0 Å². The fourth-order valence-corrected chi connectivity index (χ4v) is 2.79. The zero-order chi connectivity index (χ0) is 15.9. The quantitative estimate of drug-likeness (QED) is 0.797. The molecule has 0 aliphatic carbocycles. The van der Waals surface area contributed by atoms with Crippen molar-refractivity contribution < 1.29 is 13.9 Å². The van der Waals surface area contributed by atoms with E-state index in [2.05, 4.69) is 23.7 Å². The van der Waals surface area contributed by atoms with E-state index in [0.29, 0.717) is 12.2 Å². The summed E-state index contributed by atoms with van der Waals surface area (Å²) in [7, 11) is 1.34. The molecule has 0 amide bonds. The number of anilines is 2. The molecule has 2 heterocycles. The third kappa shape index (κ3) is 2.32. The molecule has 0 radical (unpaired) electrons. The lowest BCUT2D eigenvalue weighted by Crippen LogP contribution is -2.25. The predicted molar refractivity (Wildman–Crippen MR) is 82.0 cm³/mol. The van der Waals surface area contributed by atoms with E-state index in [-0.39, 0.29) is 11.2 Å². The van der Waals surface area contributed by atoms with Gasteiger partial charge in [-0.1, -0.05) is 13.8 Å². The number of hydrogen-bond acceptors (Lipinski definition) is 4. The average molecular weight is 300 g/mol. The Balaban J connectivity index is 2.06. The molecule has 0 spiro atoms. The van der Waals surface area contributed by atoms with Gasteiger partial charge in [0, 0.05) is 17.6 Å². The molecule has 0 saturated carbocycles. The molecule has 1 aromatic heterocycles. The molecule has 1 aromatic carbocycles. The van der Waals surface area contributed by atoms with Gasteiger partial charge in [-0.2, -0.15) is 0 Å². The van der Waals surface area contributed by atoms with E-state index in [1.807, 2.05) is 6.07 Å². The third-order valence-corrected chi connectivity index (χ3v) is 3.89. The van der Waals surface area contributed by atoms with E-state index in [1.54, 1.807) is 18.2 Å². The second-order valence-corrected chi connectivity index (χ2v) is 6.00. The zero-order valence-corrected chi connectivity index (χ0v) is 12.8. The van der Waals surface area contributed by atoms with E-state index in [9.17, 15) is 9.18 Å². The van der Waals surface area contributed by atoms with Gasteiger partial charge in [0.1, 0.15) is 11.5 Å². The van der Waals surface area contributed by atoms with Crippen molar-refractivity contribution in [2.75, 3.05) is 18.6 Å². The monoisotopic (exact) mass is 300 g/mol. The normalized spacial score (nSPS) is 15.5. The van der Waals surface area contributed by atoms with Crippen molar-refractivity contribution in [3.8, 4) is 0 Å². The Morgan fingerprint density at radius 2 is 1.91 bits per heavy atom. The van der Waals surface area contributed by atoms with Crippen LogP contribution in [-0.2, 0) is 10.2 Å². The van der Waals surface area contributed by atoms with Crippen molar-refractivity contribution >= 4 is 17.3 Å². The fraction of sp³-hybridized carbons (Fsp3) is 0.294. The maximum atomic E-state index is 13.1. The molecule has 0 saturated heterocycles. The smallest absolute Gasteiger partial charge is 0.356 e. The number of fused-ring (bicyclic) bond motifs is 1. The highest BCUT2D eigenvalue weighted by atomic mass is 19.1. The number of esters is 1. The Hall–Kier alpha value is -2.43. The van der Waals surface area contributed by atoms with Crippen molar-refractivity contribution in [3.05, 3.63) is 53.6 Å². The molecule has 2 aromatic rings. The van der Waals surface area contributed by atoms with E-state index >= 15 is 0 Å². The van der Waals surface area contributed by atoms with E-state index in [1.165, 1.54) is 19.2 Å². The van der Waals surface area contributed by atoms with Crippen LogP contribution >= 0.6 is 0 Å². The van der Waals surface area contributed by atoms with Crippen molar-refractivity contribution in [3.63, 3.8) is 0 Å². The summed E-state index contributed by atoms with van der Waals surface area (Å²) in [6.07, 6.45) is 0. The summed E-state index contributed by atoms with van der Waals surface area (Å²) >= 11 is 0. The number of ether oxygens (including phenoxy) is 1. The molecule has 0 bridgehead atoms. The number of halogens is 1. The van der Waals surface area contributed by atoms with Crippen LogP contribution in [0.1, 0.15) is 30.0 Å². The lowest BCUT2D eigenvalue weighted by atomic mass is 9.91. The van der Waals surface area contributed by atoms with Gasteiger partial charge in [-0.05, 0) is 36.4 Å². The lowest BCUT2D eigenvalue weighted by Gasteiger charge is -2.22. The molecule has 0 unspecified atom stereocenters. The summed E-state index contributed by atoms with van der Waals surface area (Å²) in [6.45, 7) is 4.86. The van der Waals surface area contributed by atoms with Gasteiger partial charge in [-0.3, -0.25) is 0 Å². The predicted octanol–water partition coefficient (Wildman–Crippen LogP) is 3.44. The van der Waals surface area contributed by atoms with Gasteiger partial charge >= 0.3 is 5.97 Å². The second-order valence-electron chi connectivity index (χ2n) is 6.00. The molecule has 0 N–H and O–H groups in total. The maximum absolute atomic E-state index is 13.1. The number of pyridine rings is 1. The fourth-order valence-electron chi connectivity index (χ4n) is 2.79. The summed E-state index contributed by atoms with van der Waals surface area (Å²) in [5.41, 5.74) is 2.77. The Morgan fingerprint density at radius 3 is 2.55 bits per heavy atom. The molecular weight excluding hydrogens is 283 g/mol. The average Bonchev–Trinajstić information content (AvgIpc) is 2.78. The van der Waals surface area contributed by atoms with E-state index in [4.69, 9.17) is 4.74 Å². The van der Waals surface area contributed by atoms with Crippen molar-refractivity contribution in [2.24, 2.45) is 0 Å². The van der Waals surface area contributed by atoms with Crippen molar-refractivity contribution in [1.29, 1.82) is 0 Å². The summed E-state index contributed by atoms with van der Waals surface area (Å²) in [4.78, 5) is 18.2. The van der Waals surface area contributed by atoms with Crippen LogP contribution in [0.4, 0.5) is 15.8 Å². The lowest BCUT2D eigenvalue weighted by molar-refractivity contribution is 0.0593. The van der Waals surface area contributed by atoms with Gasteiger partial charge in [0.2, 0.25) is 0 Å². The van der Waals surface area contributed by atoms with Crippen LogP contribution in [0.3, 0.4) is 0 Å². The minimum Gasteiger partial charge on any atom is -0.464 e.